The van der Waals surface area contributed by atoms with E-state index in [4.69, 9.17) is 10.5 Å². The minimum atomic E-state index is -0.0814. The van der Waals surface area contributed by atoms with E-state index in [1.54, 1.807) is 0 Å². The van der Waals surface area contributed by atoms with Gasteiger partial charge in [0.05, 0.1) is 0 Å². The average molecular weight is 419 g/mol. The van der Waals surface area contributed by atoms with Gasteiger partial charge in [-0.15, -0.1) is 0 Å². The molecule has 0 fully saturated rings. The van der Waals surface area contributed by atoms with Crippen molar-refractivity contribution in [1.82, 2.24) is 5.32 Å². The molecule has 1 rings (SSSR count). The number of carbonyl (C=O) groups is 1. The molecule has 30 heavy (non-hydrogen) atoms. The Morgan fingerprint density at radius 1 is 0.933 bits per heavy atom. The van der Waals surface area contributed by atoms with Gasteiger partial charge >= 0.3 is 0 Å². The highest BCUT2D eigenvalue weighted by Crippen LogP contribution is 2.40. The van der Waals surface area contributed by atoms with Crippen molar-refractivity contribution >= 4 is 5.91 Å². The van der Waals surface area contributed by atoms with Crippen LogP contribution in [-0.2, 0) is 22.0 Å². The molecule has 0 saturated carbocycles. The summed E-state index contributed by atoms with van der Waals surface area (Å²) in [7, 11) is 0. The van der Waals surface area contributed by atoms with Gasteiger partial charge in [-0.3, -0.25) is 4.79 Å². The summed E-state index contributed by atoms with van der Waals surface area (Å²) >= 11 is 0. The maximum Gasteiger partial charge on any atom is 0.257 e. The molecule has 0 spiro atoms. The number of benzene rings is 1. The second-order valence-electron chi connectivity index (χ2n) is 11.7. The van der Waals surface area contributed by atoms with E-state index < -0.39 is 0 Å². The summed E-state index contributed by atoms with van der Waals surface area (Å²) in [6, 6.07) is 4.55. The van der Waals surface area contributed by atoms with Crippen molar-refractivity contribution in [3.8, 4) is 5.75 Å². The average Bonchev–Trinajstić information content (AvgIpc) is 2.56. The molecule has 0 radical (unpaired) electrons. The Balaban J connectivity index is 3.16. The van der Waals surface area contributed by atoms with Gasteiger partial charge in [0.1, 0.15) is 5.75 Å². The molecule has 0 saturated heterocycles. The van der Waals surface area contributed by atoms with Crippen molar-refractivity contribution in [2.75, 3.05) is 19.7 Å². The molecule has 0 heterocycles. The van der Waals surface area contributed by atoms with Gasteiger partial charge < -0.3 is 15.8 Å². The summed E-state index contributed by atoms with van der Waals surface area (Å²) in [5.74, 6) is 0.813. The van der Waals surface area contributed by atoms with E-state index >= 15 is 0 Å². The lowest BCUT2D eigenvalue weighted by atomic mass is 9.76. The third-order valence-corrected chi connectivity index (χ3v) is 5.11. The number of hydrogen-bond acceptors (Lipinski definition) is 3. The number of unbranched alkanes of at least 4 members (excludes halogenated alkanes) is 2. The molecule has 1 aromatic rings. The summed E-state index contributed by atoms with van der Waals surface area (Å²) in [5.41, 5.74) is 9.28. The predicted molar refractivity (Wildman–Crippen MR) is 128 cm³/mol. The van der Waals surface area contributed by atoms with Crippen LogP contribution in [0.2, 0.25) is 0 Å². The Bertz CT molecular complexity index is 689. The van der Waals surface area contributed by atoms with E-state index in [1.807, 2.05) is 0 Å². The molecule has 1 aromatic carbocycles. The van der Waals surface area contributed by atoms with Crippen molar-refractivity contribution in [2.24, 2.45) is 11.1 Å². The van der Waals surface area contributed by atoms with E-state index in [1.165, 1.54) is 16.7 Å². The Labute approximate surface area is 185 Å². The van der Waals surface area contributed by atoms with E-state index in [-0.39, 0.29) is 28.8 Å². The van der Waals surface area contributed by atoms with Crippen molar-refractivity contribution in [2.45, 2.75) is 98.8 Å². The van der Waals surface area contributed by atoms with Gasteiger partial charge in [0.2, 0.25) is 0 Å². The van der Waals surface area contributed by atoms with Gasteiger partial charge in [-0.05, 0) is 53.2 Å². The van der Waals surface area contributed by atoms with Crippen LogP contribution in [-0.4, -0.2) is 25.6 Å². The summed E-state index contributed by atoms with van der Waals surface area (Å²) in [4.78, 5) is 12.4. The summed E-state index contributed by atoms with van der Waals surface area (Å²) in [6.45, 7) is 21.5. The highest BCUT2D eigenvalue weighted by molar-refractivity contribution is 5.77. The van der Waals surface area contributed by atoms with Crippen LogP contribution in [0.1, 0.15) is 98.3 Å². The van der Waals surface area contributed by atoms with Crippen LogP contribution < -0.4 is 15.8 Å². The quantitative estimate of drug-likeness (QED) is 0.521. The molecule has 0 aliphatic carbocycles. The fraction of sp³-hybridized carbons (Fsp3) is 0.731. The molecule has 4 nitrogen and oxygen atoms in total. The van der Waals surface area contributed by atoms with E-state index in [9.17, 15) is 4.79 Å². The minimum Gasteiger partial charge on any atom is -0.483 e. The predicted octanol–water partition coefficient (Wildman–Crippen LogP) is 5.49. The number of nitrogens with one attached hydrogen (secondary N) is 1. The number of amides is 1. The maximum atomic E-state index is 12.4. The van der Waals surface area contributed by atoms with Crippen LogP contribution in [0, 0.1) is 5.41 Å². The second kappa shape index (κ2) is 10.7. The molecule has 0 aliphatic heterocycles. The molecule has 0 aromatic heterocycles. The van der Waals surface area contributed by atoms with Crippen LogP contribution in [0.15, 0.2) is 12.1 Å². The number of carbonyl (C=O) groups excluding carboxylic acids is 1. The molecule has 0 aliphatic rings. The molecular weight excluding hydrogens is 372 g/mol. The Morgan fingerprint density at radius 3 is 2.07 bits per heavy atom. The van der Waals surface area contributed by atoms with E-state index in [0.29, 0.717) is 13.1 Å². The van der Waals surface area contributed by atoms with Crippen LogP contribution in [0.3, 0.4) is 0 Å². The van der Waals surface area contributed by atoms with E-state index in [2.05, 4.69) is 79.8 Å². The first-order valence-corrected chi connectivity index (χ1v) is 11.4. The topological polar surface area (TPSA) is 64.3 Å². The van der Waals surface area contributed by atoms with Crippen LogP contribution >= 0.6 is 0 Å². The molecule has 172 valence electrons. The first-order valence-electron chi connectivity index (χ1n) is 11.4. The van der Waals surface area contributed by atoms with Crippen molar-refractivity contribution in [3.63, 3.8) is 0 Å². The van der Waals surface area contributed by atoms with Crippen molar-refractivity contribution in [3.05, 3.63) is 28.8 Å². The zero-order chi connectivity index (χ0) is 23.2. The lowest BCUT2D eigenvalue weighted by Crippen LogP contribution is -2.30. The molecule has 0 unspecified atom stereocenters. The van der Waals surface area contributed by atoms with Crippen LogP contribution in [0.5, 0.6) is 5.75 Å². The van der Waals surface area contributed by atoms with Gasteiger partial charge in [0.15, 0.2) is 6.61 Å². The molecule has 3 N–H and O–H groups in total. The SMILES string of the molecule is CC(C)(C)Cc1cc(C(C)(C)C)cc(C(C)(C)C)c1OCC(=O)NCCCCCN. The lowest BCUT2D eigenvalue weighted by molar-refractivity contribution is -0.123. The Morgan fingerprint density at radius 2 is 1.57 bits per heavy atom. The lowest BCUT2D eigenvalue weighted by Gasteiger charge is -2.31. The molecule has 4 heteroatoms. The first kappa shape index (κ1) is 26.5. The van der Waals surface area contributed by atoms with E-state index in [0.717, 1.165) is 31.4 Å². The van der Waals surface area contributed by atoms with Gasteiger partial charge in [0, 0.05) is 12.1 Å². The summed E-state index contributed by atoms with van der Waals surface area (Å²) in [6.07, 6.45) is 3.88. The molecule has 1 amide bonds. The number of ether oxygens (including phenoxy) is 1. The number of nitrogens with two attached hydrogens (primary N) is 1. The third kappa shape index (κ3) is 9.07. The smallest absolute Gasteiger partial charge is 0.257 e. The zero-order valence-electron chi connectivity index (χ0n) is 21.0. The largest absolute Gasteiger partial charge is 0.483 e. The second-order valence-corrected chi connectivity index (χ2v) is 11.7. The summed E-state index contributed by atoms with van der Waals surface area (Å²) in [5, 5.41) is 2.97. The highest BCUT2D eigenvalue weighted by Gasteiger charge is 2.28. The van der Waals surface area contributed by atoms with Gasteiger partial charge in [-0.25, -0.2) is 0 Å². The highest BCUT2D eigenvalue weighted by atomic mass is 16.5. The van der Waals surface area contributed by atoms with Crippen molar-refractivity contribution < 1.29 is 9.53 Å². The fourth-order valence-corrected chi connectivity index (χ4v) is 3.41. The van der Waals surface area contributed by atoms with Crippen molar-refractivity contribution in [1.29, 1.82) is 0 Å². The number of hydrogen-bond donors (Lipinski definition) is 2. The fourth-order valence-electron chi connectivity index (χ4n) is 3.41. The Hall–Kier alpha value is -1.55. The molecule has 0 bridgehead atoms. The Kier molecular flexibility index (Phi) is 9.41. The minimum absolute atomic E-state index is 0.0476. The summed E-state index contributed by atoms with van der Waals surface area (Å²) < 4.78 is 6.22. The normalized spacial score (nSPS) is 12.7. The third-order valence-electron chi connectivity index (χ3n) is 5.11. The van der Waals surface area contributed by atoms with Crippen LogP contribution in [0.25, 0.3) is 0 Å². The van der Waals surface area contributed by atoms with Gasteiger partial charge in [-0.1, -0.05) is 80.9 Å². The molecule has 0 atom stereocenters. The monoisotopic (exact) mass is 418 g/mol. The van der Waals surface area contributed by atoms with Gasteiger partial charge in [-0.2, -0.15) is 0 Å². The zero-order valence-corrected chi connectivity index (χ0v) is 21.0. The standard InChI is InChI=1S/C26H46N2O2/c1-24(2,3)17-19-15-20(25(4,5)6)16-21(26(7,8)9)23(19)30-18-22(29)28-14-12-10-11-13-27/h15-16H,10-14,17-18,27H2,1-9H3,(H,28,29). The first-order chi connectivity index (χ1) is 13.6. The maximum absolute atomic E-state index is 12.4. The van der Waals surface area contributed by atoms with Crippen LogP contribution in [0.4, 0.5) is 0 Å². The van der Waals surface area contributed by atoms with Gasteiger partial charge in [0.25, 0.3) is 5.91 Å². The number of rotatable bonds is 9. The molecular formula is C26H46N2O2.